The zero-order valence-electron chi connectivity index (χ0n) is 22.1. The van der Waals surface area contributed by atoms with Crippen molar-refractivity contribution in [2.24, 2.45) is 4.99 Å². The Morgan fingerprint density at radius 3 is 2.92 bits per heavy atom. The van der Waals surface area contributed by atoms with Gasteiger partial charge < -0.3 is 10.3 Å². The molecule has 8 heteroatoms. The first-order chi connectivity index (χ1) is 18.5. The lowest BCUT2D eigenvalue weighted by Crippen LogP contribution is -2.53. The second-order valence-electron chi connectivity index (χ2n) is 10.5. The average Bonchev–Trinajstić information content (AvgIpc) is 3.58. The first kappa shape index (κ1) is 24.5. The van der Waals surface area contributed by atoms with E-state index in [4.69, 9.17) is 4.98 Å². The number of pyridine rings is 2. The number of H-pyrrole nitrogens is 1. The number of aromatic amines is 1. The van der Waals surface area contributed by atoms with Crippen molar-refractivity contribution >= 4 is 28.8 Å². The number of amides is 1. The molecule has 1 amide bonds. The molecule has 2 aliphatic rings. The lowest BCUT2D eigenvalue weighted by atomic mass is 9.97. The van der Waals surface area contributed by atoms with Crippen LogP contribution in [0, 0.1) is 0 Å². The van der Waals surface area contributed by atoms with Gasteiger partial charge in [-0.3, -0.25) is 19.6 Å². The number of carbonyl (C=O) groups excluding carboxylic acids is 1. The Morgan fingerprint density at radius 1 is 1.18 bits per heavy atom. The molecule has 2 N–H and O–H groups in total. The minimum Gasteiger partial charge on any atom is -0.346 e. The number of aromatic nitrogens is 3. The summed E-state index contributed by atoms with van der Waals surface area (Å²) in [4.78, 5) is 35.1. The number of rotatable bonds is 6. The summed E-state index contributed by atoms with van der Waals surface area (Å²) in [6.07, 6.45) is 5.54. The fourth-order valence-corrected chi connectivity index (χ4v) is 5.77. The van der Waals surface area contributed by atoms with Gasteiger partial charge in [-0.15, -0.1) is 0 Å². The number of nitrogens with zero attached hydrogens (tertiary/aromatic N) is 5. The molecule has 0 spiro atoms. The Kier molecular flexibility index (Phi) is 6.51. The Labute approximate surface area is 222 Å². The second-order valence-corrected chi connectivity index (χ2v) is 10.5. The van der Waals surface area contributed by atoms with Gasteiger partial charge in [0.05, 0.1) is 17.9 Å². The van der Waals surface area contributed by atoms with Crippen molar-refractivity contribution in [3.05, 3.63) is 77.4 Å². The van der Waals surface area contributed by atoms with Crippen LogP contribution in [-0.2, 0) is 13.1 Å². The molecule has 0 saturated carbocycles. The van der Waals surface area contributed by atoms with Crippen LogP contribution in [0.2, 0.25) is 0 Å². The maximum Gasteiger partial charge on any atom is 0.274 e. The lowest BCUT2D eigenvalue weighted by Gasteiger charge is -2.42. The molecule has 2 aliphatic heterocycles. The standard InChI is InChI=1S/C30H33N7O/c1-19(2)37-12-11-36(17-20(37)3)18-23-5-4-6-27(34-23)30(38)35-28-14-21(13-22-15-31-16-26(22)28)24-7-9-32-29-25(24)8-10-33-29/h4-10,13-14,16,19-20H,11-12,15,17-18H2,1-3H3,(H,32,33)(H,35,38). The van der Waals surface area contributed by atoms with Crippen molar-refractivity contribution in [3.63, 3.8) is 0 Å². The normalized spacial score (nSPS) is 17.8. The number of aliphatic imine (C=N–C) groups is 1. The van der Waals surface area contributed by atoms with Crippen LogP contribution in [0.1, 0.15) is 48.1 Å². The van der Waals surface area contributed by atoms with Crippen molar-refractivity contribution < 1.29 is 4.79 Å². The quantitative estimate of drug-likeness (QED) is 0.394. The van der Waals surface area contributed by atoms with Crippen LogP contribution in [0.5, 0.6) is 0 Å². The van der Waals surface area contributed by atoms with E-state index in [-0.39, 0.29) is 5.91 Å². The molecule has 3 aromatic heterocycles. The number of anilines is 1. The van der Waals surface area contributed by atoms with Crippen LogP contribution in [0.15, 0.2) is 59.9 Å². The predicted molar refractivity (Wildman–Crippen MR) is 152 cm³/mol. The molecule has 0 bridgehead atoms. The number of piperazine rings is 1. The minimum absolute atomic E-state index is 0.217. The van der Waals surface area contributed by atoms with Crippen LogP contribution in [0.3, 0.4) is 0 Å². The summed E-state index contributed by atoms with van der Waals surface area (Å²) in [7, 11) is 0. The molecule has 1 aromatic carbocycles. The zero-order chi connectivity index (χ0) is 26.2. The fourth-order valence-electron chi connectivity index (χ4n) is 5.77. The maximum atomic E-state index is 13.4. The molecule has 8 nitrogen and oxygen atoms in total. The van der Waals surface area contributed by atoms with Gasteiger partial charge in [0.15, 0.2) is 0 Å². The molecule has 0 aliphatic carbocycles. The van der Waals surface area contributed by atoms with E-state index in [9.17, 15) is 4.79 Å². The Morgan fingerprint density at radius 2 is 2.08 bits per heavy atom. The molecular weight excluding hydrogens is 474 g/mol. The van der Waals surface area contributed by atoms with Gasteiger partial charge in [-0.2, -0.15) is 0 Å². The van der Waals surface area contributed by atoms with E-state index in [0.717, 1.165) is 70.8 Å². The third-order valence-electron chi connectivity index (χ3n) is 7.62. The highest BCUT2D eigenvalue weighted by atomic mass is 16.1. The van der Waals surface area contributed by atoms with Crippen molar-refractivity contribution in [1.29, 1.82) is 0 Å². The summed E-state index contributed by atoms with van der Waals surface area (Å²) >= 11 is 0. The van der Waals surface area contributed by atoms with Gasteiger partial charge in [0, 0.05) is 67.8 Å². The Bertz CT molecular complexity index is 1520. The third kappa shape index (κ3) is 4.73. The summed E-state index contributed by atoms with van der Waals surface area (Å²) in [6.45, 7) is 11.2. The van der Waals surface area contributed by atoms with E-state index in [1.165, 1.54) is 0 Å². The first-order valence-corrected chi connectivity index (χ1v) is 13.3. The molecule has 6 rings (SSSR count). The van der Waals surface area contributed by atoms with E-state index in [0.29, 0.717) is 24.3 Å². The smallest absolute Gasteiger partial charge is 0.274 e. The van der Waals surface area contributed by atoms with Crippen molar-refractivity contribution in [3.8, 4) is 11.1 Å². The molecule has 194 valence electrons. The molecule has 1 atom stereocenters. The van der Waals surface area contributed by atoms with E-state index < -0.39 is 0 Å². The van der Waals surface area contributed by atoms with Gasteiger partial charge in [0.2, 0.25) is 0 Å². The van der Waals surface area contributed by atoms with E-state index in [2.05, 4.69) is 56.9 Å². The third-order valence-corrected chi connectivity index (χ3v) is 7.62. The number of nitrogens with one attached hydrogen (secondary N) is 2. The van der Waals surface area contributed by atoms with Gasteiger partial charge >= 0.3 is 0 Å². The van der Waals surface area contributed by atoms with Crippen LogP contribution >= 0.6 is 0 Å². The summed E-state index contributed by atoms with van der Waals surface area (Å²) < 4.78 is 0. The molecule has 5 heterocycles. The van der Waals surface area contributed by atoms with Crippen molar-refractivity contribution in [2.45, 2.75) is 45.9 Å². The first-order valence-electron chi connectivity index (χ1n) is 13.3. The lowest BCUT2D eigenvalue weighted by molar-refractivity contribution is 0.0558. The van der Waals surface area contributed by atoms with E-state index in [1.807, 2.05) is 42.7 Å². The predicted octanol–water partition coefficient (Wildman–Crippen LogP) is 4.72. The highest BCUT2D eigenvalue weighted by Crippen LogP contribution is 2.34. The number of hydrogen-bond acceptors (Lipinski definition) is 6. The van der Waals surface area contributed by atoms with Gasteiger partial charge in [-0.25, -0.2) is 9.97 Å². The van der Waals surface area contributed by atoms with Crippen LogP contribution in [0.25, 0.3) is 22.2 Å². The number of carbonyl (C=O) groups is 1. The molecule has 1 fully saturated rings. The molecule has 4 aromatic rings. The minimum atomic E-state index is -0.217. The average molecular weight is 508 g/mol. The SMILES string of the molecule is CC(C)N1CCN(Cc2cccc(C(=O)Nc3cc(-c4ccnc5[nH]ccc45)cc4c3C=NC4)n2)CC1C. The van der Waals surface area contributed by atoms with E-state index in [1.54, 1.807) is 12.3 Å². The second kappa shape index (κ2) is 10.1. The summed E-state index contributed by atoms with van der Waals surface area (Å²) in [6, 6.07) is 15.0. The van der Waals surface area contributed by atoms with E-state index >= 15 is 0 Å². The van der Waals surface area contributed by atoms with Crippen LogP contribution in [0.4, 0.5) is 5.69 Å². The fraction of sp³-hybridized carbons (Fsp3) is 0.333. The van der Waals surface area contributed by atoms with Gasteiger partial charge in [0.25, 0.3) is 5.91 Å². The molecule has 1 unspecified atom stereocenters. The Hall–Kier alpha value is -3.88. The molecular formula is C30H33N7O. The maximum absolute atomic E-state index is 13.4. The number of hydrogen-bond donors (Lipinski definition) is 2. The number of benzene rings is 1. The molecule has 38 heavy (non-hydrogen) atoms. The summed E-state index contributed by atoms with van der Waals surface area (Å²) in [5, 5.41) is 4.17. The highest BCUT2D eigenvalue weighted by molar-refractivity contribution is 6.07. The zero-order valence-corrected chi connectivity index (χ0v) is 22.1. The monoisotopic (exact) mass is 507 g/mol. The molecule has 0 radical (unpaired) electrons. The highest BCUT2D eigenvalue weighted by Gasteiger charge is 2.26. The van der Waals surface area contributed by atoms with Crippen molar-refractivity contribution in [1.82, 2.24) is 24.8 Å². The summed E-state index contributed by atoms with van der Waals surface area (Å²) in [5.41, 5.74) is 7.05. The Balaban J connectivity index is 1.23. The summed E-state index contributed by atoms with van der Waals surface area (Å²) in [5.74, 6) is -0.217. The van der Waals surface area contributed by atoms with Crippen LogP contribution in [-0.4, -0.2) is 68.6 Å². The van der Waals surface area contributed by atoms with Gasteiger partial charge in [0.1, 0.15) is 11.3 Å². The molecule has 1 saturated heterocycles. The van der Waals surface area contributed by atoms with Crippen molar-refractivity contribution in [2.75, 3.05) is 25.0 Å². The van der Waals surface area contributed by atoms with Gasteiger partial charge in [-0.1, -0.05) is 6.07 Å². The topological polar surface area (TPSA) is 89.5 Å². The number of fused-ring (bicyclic) bond motifs is 2. The van der Waals surface area contributed by atoms with Gasteiger partial charge in [-0.05, 0) is 73.9 Å². The largest absolute Gasteiger partial charge is 0.346 e. The van der Waals surface area contributed by atoms with Crippen LogP contribution < -0.4 is 5.32 Å².